The number of nitro benzene ring substituents is 1. The van der Waals surface area contributed by atoms with E-state index in [2.05, 4.69) is 10.3 Å². The van der Waals surface area contributed by atoms with Gasteiger partial charge in [0.1, 0.15) is 0 Å². The molecule has 6 nitrogen and oxygen atoms in total. The van der Waals surface area contributed by atoms with Crippen molar-refractivity contribution < 1.29 is 9.72 Å². The van der Waals surface area contributed by atoms with Gasteiger partial charge in [-0.05, 0) is 24.3 Å². The molecule has 0 aromatic heterocycles. The van der Waals surface area contributed by atoms with E-state index in [1.165, 1.54) is 37.4 Å². The smallest absolute Gasteiger partial charge is 0.279 e. The van der Waals surface area contributed by atoms with Crippen molar-refractivity contribution in [3.8, 4) is 0 Å². The third-order valence-corrected chi connectivity index (χ3v) is 3.39. The van der Waals surface area contributed by atoms with E-state index in [-0.39, 0.29) is 22.2 Å². The van der Waals surface area contributed by atoms with Gasteiger partial charge in [0, 0.05) is 24.2 Å². The number of nitro groups is 1. The number of rotatable bonds is 4. The number of carbonyl (C=O) groups is 1. The quantitative estimate of drug-likeness (QED) is 0.495. The van der Waals surface area contributed by atoms with Crippen LogP contribution in [0.1, 0.15) is 12.5 Å². The Labute approximate surface area is 141 Å². The lowest BCUT2D eigenvalue weighted by atomic mass is 10.2. The molecule has 0 heterocycles. The first kappa shape index (κ1) is 16.9. The van der Waals surface area contributed by atoms with Crippen LogP contribution >= 0.6 is 23.2 Å². The molecular formula is C15H11Cl2N3O3. The van der Waals surface area contributed by atoms with Crippen LogP contribution in [0.15, 0.2) is 41.4 Å². The molecule has 0 fully saturated rings. The fraction of sp³-hybridized carbons (Fsp3) is 0.0667. The first-order valence-electron chi connectivity index (χ1n) is 6.42. The van der Waals surface area contributed by atoms with E-state index >= 15 is 0 Å². The van der Waals surface area contributed by atoms with Gasteiger partial charge >= 0.3 is 0 Å². The van der Waals surface area contributed by atoms with Crippen LogP contribution in [0.5, 0.6) is 0 Å². The average molecular weight is 352 g/mol. The zero-order chi connectivity index (χ0) is 17.0. The molecule has 0 saturated heterocycles. The molecule has 0 aliphatic heterocycles. The van der Waals surface area contributed by atoms with E-state index in [1.54, 1.807) is 12.1 Å². The van der Waals surface area contributed by atoms with Crippen LogP contribution in [-0.4, -0.2) is 17.0 Å². The summed E-state index contributed by atoms with van der Waals surface area (Å²) in [7, 11) is 0. The first-order valence-corrected chi connectivity index (χ1v) is 7.18. The lowest BCUT2D eigenvalue weighted by Crippen LogP contribution is -2.05. The highest BCUT2D eigenvalue weighted by atomic mass is 35.5. The number of aliphatic imine (C=N–C) groups is 1. The van der Waals surface area contributed by atoms with Crippen LogP contribution in [0.3, 0.4) is 0 Å². The second-order valence-electron chi connectivity index (χ2n) is 4.53. The maximum atomic E-state index is 11.2. The third kappa shape index (κ3) is 4.28. The van der Waals surface area contributed by atoms with Gasteiger partial charge in [0.05, 0.1) is 26.9 Å². The highest BCUT2D eigenvalue weighted by molar-refractivity contribution is 6.33. The minimum absolute atomic E-state index is 0.163. The summed E-state index contributed by atoms with van der Waals surface area (Å²) in [6.07, 6.45) is 1.28. The van der Waals surface area contributed by atoms with Gasteiger partial charge in [-0.15, -0.1) is 0 Å². The number of carbonyl (C=O) groups excluding carboxylic acids is 1. The molecule has 0 saturated carbocycles. The molecule has 2 aromatic rings. The van der Waals surface area contributed by atoms with Crippen LogP contribution in [0.2, 0.25) is 10.0 Å². The Morgan fingerprint density at radius 3 is 2.70 bits per heavy atom. The normalized spacial score (nSPS) is 10.7. The number of hydrogen-bond acceptors (Lipinski definition) is 4. The fourth-order valence-corrected chi connectivity index (χ4v) is 2.24. The maximum Gasteiger partial charge on any atom is 0.279 e. The third-order valence-electron chi connectivity index (χ3n) is 2.83. The lowest BCUT2D eigenvalue weighted by Gasteiger charge is -2.06. The van der Waals surface area contributed by atoms with Gasteiger partial charge < -0.3 is 5.32 Å². The molecule has 0 unspecified atom stereocenters. The zero-order valence-electron chi connectivity index (χ0n) is 11.9. The van der Waals surface area contributed by atoms with Crippen molar-refractivity contribution in [3.63, 3.8) is 0 Å². The summed E-state index contributed by atoms with van der Waals surface area (Å²) in [6.45, 7) is 1.36. The molecule has 118 valence electrons. The Morgan fingerprint density at radius 2 is 2.04 bits per heavy atom. The predicted molar refractivity (Wildman–Crippen MR) is 91.1 cm³/mol. The van der Waals surface area contributed by atoms with Gasteiger partial charge in [0.25, 0.3) is 5.69 Å². The number of halogens is 2. The summed E-state index contributed by atoms with van der Waals surface area (Å²) in [5.74, 6) is -0.271. The summed E-state index contributed by atoms with van der Waals surface area (Å²) in [6, 6.07) is 9.08. The topological polar surface area (TPSA) is 84.6 Å². The van der Waals surface area contributed by atoms with Gasteiger partial charge in [0.2, 0.25) is 5.91 Å². The second kappa shape index (κ2) is 7.21. The Morgan fingerprint density at radius 1 is 1.30 bits per heavy atom. The van der Waals surface area contributed by atoms with E-state index in [1.807, 2.05) is 0 Å². The molecule has 23 heavy (non-hydrogen) atoms. The molecule has 0 atom stereocenters. The van der Waals surface area contributed by atoms with Gasteiger partial charge in [-0.3, -0.25) is 19.9 Å². The van der Waals surface area contributed by atoms with E-state index in [0.717, 1.165) is 0 Å². The SMILES string of the molecule is CC(=O)Nc1ccc(Cl)cc1N=Cc1c(Cl)cccc1[N+](=O)[O-]. The Kier molecular flexibility index (Phi) is 5.31. The molecule has 2 aromatic carbocycles. The summed E-state index contributed by atoms with van der Waals surface area (Å²) >= 11 is 11.9. The van der Waals surface area contributed by atoms with Crippen LogP contribution < -0.4 is 5.32 Å². The molecule has 8 heteroatoms. The molecule has 1 N–H and O–H groups in total. The summed E-state index contributed by atoms with van der Waals surface area (Å²) in [4.78, 5) is 25.9. The minimum Gasteiger partial charge on any atom is -0.324 e. The molecule has 0 aliphatic carbocycles. The van der Waals surface area contributed by atoms with E-state index in [4.69, 9.17) is 23.2 Å². The Bertz CT molecular complexity index is 807. The van der Waals surface area contributed by atoms with Crippen molar-refractivity contribution in [2.24, 2.45) is 4.99 Å². The number of benzene rings is 2. The number of amides is 1. The summed E-state index contributed by atoms with van der Waals surface area (Å²) in [5.41, 5.74) is 0.812. The monoisotopic (exact) mass is 351 g/mol. The van der Waals surface area contributed by atoms with Crippen molar-refractivity contribution in [1.82, 2.24) is 0 Å². The molecule has 0 aliphatic rings. The predicted octanol–water partition coefficient (Wildman–Crippen LogP) is 4.61. The fourth-order valence-electron chi connectivity index (χ4n) is 1.85. The summed E-state index contributed by atoms with van der Waals surface area (Å²) in [5, 5.41) is 14.3. The van der Waals surface area contributed by atoms with Crippen LogP contribution in [-0.2, 0) is 4.79 Å². The van der Waals surface area contributed by atoms with Crippen LogP contribution in [0.25, 0.3) is 0 Å². The average Bonchev–Trinajstić information content (AvgIpc) is 2.47. The van der Waals surface area contributed by atoms with Gasteiger partial charge in [-0.25, -0.2) is 0 Å². The van der Waals surface area contributed by atoms with Crippen molar-refractivity contribution in [2.75, 3.05) is 5.32 Å². The van der Waals surface area contributed by atoms with Crippen LogP contribution in [0, 0.1) is 10.1 Å². The first-order chi connectivity index (χ1) is 10.9. The molecule has 0 radical (unpaired) electrons. The van der Waals surface area contributed by atoms with E-state index < -0.39 is 4.92 Å². The van der Waals surface area contributed by atoms with Crippen molar-refractivity contribution >= 4 is 52.4 Å². The van der Waals surface area contributed by atoms with Gasteiger partial charge in [0.15, 0.2) is 0 Å². The largest absolute Gasteiger partial charge is 0.324 e. The molecule has 2 rings (SSSR count). The lowest BCUT2D eigenvalue weighted by molar-refractivity contribution is -0.385. The highest BCUT2D eigenvalue weighted by Crippen LogP contribution is 2.30. The van der Waals surface area contributed by atoms with Gasteiger partial charge in [-0.1, -0.05) is 29.3 Å². The number of hydrogen-bond donors (Lipinski definition) is 1. The second-order valence-corrected chi connectivity index (χ2v) is 5.37. The Hall–Kier alpha value is -2.44. The minimum atomic E-state index is -0.542. The van der Waals surface area contributed by atoms with Crippen molar-refractivity contribution in [2.45, 2.75) is 6.92 Å². The van der Waals surface area contributed by atoms with Crippen molar-refractivity contribution in [1.29, 1.82) is 0 Å². The molecule has 0 spiro atoms. The highest BCUT2D eigenvalue weighted by Gasteiger charge is 2.15. The van der Waals surface area contributed by atoms with Crippen molar-refractivity contribution in [3.05, 3.63) is 62.1 Å². The number of nitrogens with zero attached hydrogens (tertiary/aromatic N) is 2. The summed E-state index contributed by atoms with van der Waals surface area (Å²) < 4.78 is 0. The standard InChI is InChI=1S/C15H11Cl2N3O3/c1-9(21)19-13-6-5-10(16)7-14(13)18-8-11-12(17)3-2-4-15(11)20(22)23/h2-8H,1H3,(H,19,21). The maximum absolute atomic E-state index is 11.2. The molecule has 0 bridgehead atoms. The Balaban J connectivity index is 2.47. The van der Waals surface area contributed by atoms with Gasteiger partial charge in [-0.2, -0.15) is 0 Å². The number of nitrogens with one attached hydrogen (secondary N) is 1. The zero-order valence-corrected chi connectivity index (χ0v) is 13.4. The molecular weight excluding hydrogens is 341 g/mol. The number of anilines is 1. The molecule has 1 amide bonds. The van der Waals surface area contributed by atoms with E-state index in [9.17, 15) is 14.9 Å². The van der Waals surface area contributed by atoms with Crippen LogP contribution in [0.4, 0.5) is 17.1 Å². The van der Waals surface area contributed by atoms with E-state index in [0.29, 0.717) is 16.4 Å².